The van der Waals surface area contributed by atoms with Gasteiger partial charge < -0.3 is 14.5 Å². The number of rotatable bonds is 4. The zero-order valence-electron chi connectivity index (χ0n) is 15.8. The lowest BCUT2D eigenvalue weighted by Crippen LogP contribution is -2.09. The molecule has 1 N–H and O–H groups in total. The molecule has 0 amide bonds. The van der Waals surface area contributed by atoms with Crippen molar-refractivity contribution in [2.24, 2.45) is 0 Å². The zero-order chi connectivity index (χ0) is 20.5. The predicted molar refractivity (Wildman–Crippen MR) is 118 cm³/mol. The van der Waals surface area contributed by atoms with Crippen LogP contribution < -0.4 is 14.9 Å². The van der Waals surface area contributed by atoms with Crippen LogP contribution in [-0.4, -0.2) is 12.1 Å². The normalized spacial score (nSPS) is 10.9. The summed E-state index contributed by atoms with van der Waals surface area (Å²) < 4.78 is 11.1. The second-order valence-corrected chi connectivity index (χ2v) is 7.41. The lowest BCUT2D eigenvalue weighted by molar-refractivity contribution is 0.415. The fourth-order valence-corrected chi connectivity index (χ4v) is 3.61. The van der Waals surface area contributed by atoms with Gasteiger partial charge in [0.15, 0.2) is 5.43 Å². The van der Waals surface area contributed by atoms with Crippen molar-refractivity contribution in [3.05, 3.63) is 86.6 Å². The van der Waals surface area contributed by atoms with E-state index in [2.05, 4.69) is 4.98 Å². The molecule has 0 saturated heterocycles. The van der Waals surface area contributed by atoms with Gasteiger partial charge in [-0.15, -0.1) is 0 Å². The number of hydrogen-bond donors (Lipinski definition) is 1. The van der Waals surface area contributed by atoms with Crippen LogP contribution >= 0.6 is 23.2 Å². The smallest absolute Gasteiger partial charge is 0.197 e. The number of nitrogens with one attached hydrogen (secondary N) is 1. The first kappa shape index (κ1) is 19.4. The van der Waals surface area contributed by atoms with Crippen LogP contribution in [0.3, 0.4) is 0 Å². The Kier molecular flexibility index (Phi) is 5.22. The third-order valence-corrected chi connectivity index (χ3v) is 5.20. The molecule has 1 aromatic heterocycles. The van der Waals surface area contributed by atoms with Crippen LogP contribution in [0.15, 0.2) is 65.5 Å². The number of aromatic nitrogens is 1. The molecule has 0 spiro atoms. The van der Waals surface area contributed by atoms with Crippen LogP contribution in [0.4, 0.5) is 0 Å². The van der Waals surface area contributed by atoms with Crippen LogP contribution in [0.25, 0.3) is 22.0 Å². The van der Waals surface area contributed by atoms with Gasteiger partial charge in [0.1, 0.15) is 17.2 Å². The molecule has 29 heavy (non-hydrogen) atoms. The first-order valence-corrected chi connectivity index (χ1v) is 9.66. The molecule has 0 bridgehead atoms. The number of benzene rings is 3. The van der Waals surface area contributed by atoms with E-state index in [9.17, 15) is 4.79 Å². The van der Waals surface area contributed by atoms with E-state index >= 15 is 0 Å². The summed E-state index contributed by atoms with van der Waals surface area (Å²) in [6.07, 6.45) is 0. The Morgan fingerprint density at radius 1 is 0.897 bits per heavy atom. The zero-order valence-corrected chi connectivity index (χ0v) is 17.3. The van der Waals surface area contributed by atoms with E-state index in [0.29, 0.717) is 43.8 Å². The molecular weight excluding hydrogens is 409 g/mol. The number of H-pyrrole nitrogens is 1. The largest absolute Gasteiger partial charge is 0.495 e. The van der Waals surface area contributed by atoms with E-state index in [1.54, 1.807) is 43.5 Å². The molecule has 4 rings (SSSR count). The van der Waals surface area contributed by atoms with E-state index in [0.717, 1.165) is 11.3 Å². The average Bonchev–Trinajstić information content (AvgIpc) is 2.71. The Morgan fingerprint density at radius 3 is 2.14 bits per heavy atom. The topological polar surface area (TPSA) is 51.3 Å². The summed E-state index contributed by atoms with van der Waals surface area (Å²) >= 11 is 12.1. The first-order chi connectivity index (χ1) is 14.0. The van der Waals surface area contributed by atoms with Crippen LogP contribution in [0.5, 0.6) is 17.2 Å². The second-order valence-electron chi connectivity index (χ2n) is 6.57. The van der Waals surface area contributed by atoms with Gasteiger partial charge in [-0.2, -0.15) is 0 Å². The van der Waals surface area contributed by atoms with Crippen molar-refractivity contribution in [1.29, 1.82) is 0 Å². The Hall–Kier alpha value is -2.95. The van der Waals surface area contributed by atoms with Gasteiger partial charge in [0.05, 0.1) is 17.6 Å². The molecule has 6 heteroatoms. The molecule has 146 valence electrons. The number of pyridine rings is 1. The van der Waals surface area contributed by atoms with Crippen molar-refractivity contribution in [3.8, 4) is 28.4 Å². The Bertz CT molecular complexity index is 1250. The SMILES string of the molecule is COc1cc2[nH]c(C)c(-c3ccc(Oc4ccc(Cl)cc4)cc3)c(=O)c2cc1Cl. The van der Waals surface area contributed by atoms with Gasteiger partial charge in [-0.3, -0.25) is 4.79 Å². The van der Waals surface area contributed by atoms with Crippen molar-refractivity contribution in [2.45, 2.75) is 6.92 Å². The maximum Gasteiger partial charge on any atom is 0.197 e. The summed E-state index contributed by atoms with van der Waals surface area (Å²) in [5.41, 5.74) is 2.74. The first-order valence-electron chi connectivity index (χ1n) is 8.90. The minimum atomic E-state index is -0.0906. The Morgan fingerprint density at radius 2 is 1.52 bits per heavy atom. The molecule has 0 saturated carbocycles. The molecule has 3 aromatic carbocycles. The van der Waals surface area contributed by atoms with Gasteiger partial charge in [-0.1, -0.05) is 35.3 Å². The van der Waals surface area contributed by atoms with Crippen LogP contribution in [0.2, 0.25) is 10.0 Å². The summed E-state index contributed by atoms with van der Waals surface area (Å²) in [5.74, 6) is 1.87. The van der Waals surface area contributed by atoms with Crippen molar-refractivity contribution in [2.75, 3.05) is 7.11 Å². The monoisotopic (exact) mass is 425 g/mol. The molecule has 0 aliphatic heterocycles. The summed E-state index contributed by atoms with van der Waals surface area (Å²) in [4.78, 5) is 16.4. The highest BCUT2D eigenvalue weighted by Gasteiger charge is 2.14. The summed E-state index contributed by atoms with van der Waals surface area (Å²) in [6, 6.07) is 17.9. The highest BCUT2D eigenvalue weighted by atomic mass is 35.5. The number of methoxy groups -OCH3 is 1. The molecule has 0 radical (unpaired) electrons. The summed E-state index contributed by atoms with van der Waals surface area (Å²) in [6.45, 7) is 1.87. The number of ether oxygens (including phenoxy) is 2. The van der Waals surface area contributed by atoms with Crippen molar-refractivity contribution in [3.63, 3.8) is 0 Å². The fourth-order valence-electron chi connectivity index (χ4n) is 3.25. The number of halogens is 2. The van der Waals surface area contributed by atoms with Gasteiger partial charge >= 0.3 is 0 Å². The predicted octanol–water partition coefficient (Wildman–Crippen LogP) is 6.61. The molecule has 0 fully saturated rings. The van der Waals surface area contributed by atoms with E-state index in [4.69, 9.17) is 32.7 Å². The lowest BCUT2D eigenvalue weighted by Gasteiger charge is -2.11. The van der Waals surface area contributed by atoms with E-state index in [1.807, 2.05) is 31.2 Å². The average molecular weight is 426 g/mol. The van der Waals surface area contributed by atoms with Crippen LogP contribution in [-0.2, 0) is 0 Å². The van der Waals surface area contributed by atoms with Gasteiger partial charge in [0, 0.05) is 27.7 Å². The molecule has 0 atom stereocenters. The molecule has 4 aromatic rings. The maximum atomic E-state index is 13.1. The molecule has 0 aliphatic rings. The molecule has 0 aliphatic carbocycles. The second kappa shape index (κ2) is 7.82. The van der Waals surface area contributed by atoms with E-state index < -0.39 is 0 Å². The Labute approximate surface area is 177 Å². The quantitative estimate of drug-likeness (QED) is 0.400. The molecule has 1 heterocycles. The Balaban J connectivity index is 1.72. The van der Waals surface area contributed by atoms with E-state index in [-0.39, 0.29) is 5.43 Å². The van der Waals surface area contributed by atoms with Gasteiger partial charge in [-0.25, -0.2) is 0 Å². The molecule has 4 nitrogen and oxygen atoms in total. The van der Waals surface area contributed by atoms with Gasteiger partial charge in [-0.05, 0) is 55.0 Å². The minimum absolute atomic E-state index is 0.0906. The standard InChI is InChI=1S/C23H17Cl2NO3/c1-13-22(23(27)18-11-19(25)21(28-2)12-20(18)26-13)14-3-7-16(8-4-14)29-17-9-5-15(24)6-10-17/h3-12H,1-2H3,(H,26,27). The minimum Gasteiger partial charge on any atom is -0.495 e. The molecule has 0 unspecified atom stereocenters. The van der Waals surface area contributed by atoms with E-state index in [1.165, 1.54) is 0 Å². The lowest BCUT2D eigenvalue weighted by atomic mass is 10.0. The highest BCUT2D eigenvalue weighted by molar-refractivity contribution is 6.32. The number of aromatic amines is 1. The highest BCUT2D eigenvalue weighted by Crippen LogP contribution is 2.31. The van der Waals surface area contributed by atoms with Gasteiger partial charge in [0.25, 0.3) is 0 Å². The third-order valence-electron chi connectivity index (χ3n) is 4.65. The van der Waals surface area contributed by atoms with Crippen LogP contribution in [0.1, 0.15) is 5.69 Å². The van der Waals surface area contributed by atoms with Crippen molar-refractivity contribution in [1.82, 2.24) is 4.98 Å². The van der Waals surface area contributed by atoms with Crippen LogP contribution in [0, 0.1) is 6.92 Å². The number of fused-ring (bicyclic) bond motifs is 1. The van der Waals surface area contributed by atoms with Gasteiger partial charge in [0.2, 0.25) is 0 Å². The maximum absolute atomic E-state index is 13.1. The summed E-state index contributed by atoms with van der Waals surface area (Å²) in [5, 5.41) is 1.56. The summed E-state index contributed by atoms with van der Waals surface area (Å²) in [7, 11) is 1.54. The van der Waals surface area contributed by atoms with Crippen molar-refractivity contribution >= 4 is 34.1 Å². The fraction of sp³-hybridized carbons (Fsp3) is 0.0870. The molecular formula is C23H17Cl2NO3. The van der Waals surface area contributed by atoms with Crippen molar-refractivity contribution < 1.29 is 9.47 Å². The number of hydrogen-bond acceptors (Lipinski definition) is 3. The number of aryl methyl sites for hydroxylation is 1. The third kappa shape index (κ3) is 3.82.